The Hall–Kier alpha value is -2.98. The Kier molecular flexibility index (Phi) is 8.10. The third kappa shape index (κ3) is 6.00. The number of rotatable bonds is 7. The highest BCUT2D eigenvalue weighted by molar-refractivity contribution is 7.80. The summed E-state index contributed by atoms with van der Waals surface area (Å²) in [4.78, 5) is 36.8. The first-order chi connectivity index (χ1) is 13.9. The van der Waals surface area contributed by atoms with Crippen LogP contribution in [0.3, 0.4) is 0 Å². The largest absolute Gasteiger partial charge is 0.465 e. The second-order valence-corrected chi connectivity index (χ2v) is 6.92. The summed E-state index contributed by atoms with van der Waals surface area (Å²) in [5, 5.41) is 5.49. The maximum atomic E-state index is 12.4. The molecule has 0 aromatic carbocycles. The van der Waals surface area contributed by atoms with Crippen molar-refractivity contribution < 1.29 is 28.3 Å². The highest BCUT2D eigenvalue weighted by Crippen LogP contribution is 2.34. The number of thiocarbonyl (C=S) groups is 1. The summed E-state index contributed by atoms with van der Waals surface area (Å²) in [5.41, 5.74) is 0.587. The second kappa shape index (κ2) is 10.5. The first kappa shape index (κ1) is 22.3. The van der Waals surface area contributed by atoms with Gasteiger partial charge in [0, 0.05) is 6.08 Å². The molecule has 0 saturated carbocycles. The zero-order valence-corrected chi connectivity index (χ0v) is 17.7. The number of thiophene rings is 1. The van der Waals surface area contributed by atoms with E-state index in [0.717, 1.165) is 11.3 Å². The fourth-order valence-electron chi connectivity index (χ4n) is 2.27. The van der Waals surface area contributed by atoms with E-state index in [1.807, 2.05) is 0 Å². The van der Waals surface area contributed by atoms with E-state index < -0.39 is 17.8 Å². The average Bonchev–Trinajstić information content (AvgIpc) is 3.28. The Morgan fingerprint density at radius 1 is 1.21 bits per heavy atom. The van der Waals surface area contributed by atoms with Crippen LogP contribution in [-0.4, -0.2) is 36.2 Å². The zero-order chi connectivity index (χ0) is 21.4. The summed E-state index contributed by atoms with van der Waals surface area (Å²) in [6.45, 7) is 5.35. The van der Waals surface area contributed by atoms with Crippen molar-refractivity contribution in [2.75, 3.05) is 18.5 Å². The molecule has 1 amide bonds. The highest BCUT2D eigenvalue weighted by Gasteiger charge is 2.26. The molecule has 0 saturated heterocycles. The molecule has 2 aromatic heterocycles. The minimum atomic E-state index is -0.605. The van der Waals surface area contributed by atoms with Gasteiger partial charge in [-0.3, -0.25) is 10.1 Å². The van der Waals surface area contributed by atoms with Gasteiger partial charge in [-0.25, -0.2) is 9.59 Å². The normalized spacial score (nSPS) is 10.6. The van der Waals surface area contributed by atoms with Gasteiger partial charge in [0.2, 0.25) is 5.91 Å². The van der Waals surface area contributed by atoms with Crippen LogP contribution in [0.1, 0.15) is 45.2 Å². The molecule has 0 aliphatic rings. The van der Waals surface area contributed by atoms with Crippen LogP contribution in [0, 0.1) is 6.92 Å². The summed E-state index contributed by atoms with van der Waals surface area (Å²) in [7, 11) is 0. The van der Waals surface area contributed by atoms with Crippen molar-refractivity contribution in [3.63, 3.8) is 0 Å². The number of esters is 2. The standard InChI is InChI=1S/C19H20N2O6S2/c1-4-25-17(23)14-11(3)15(18(24)26-5-2)29-16(14)21-19(28)20-13(22)9-8-12-7-6-10-27-12/h6-10H,4-5H2,1-3H3,(H2,20,21,22,28)/b9-8+. The fraction of sp³-hybridized carbons (Fsp3) is 0.263. The summed E-state index contributed by atoms with van der Waals surface area (Å²) in [6, 6.07) is 3.39. The van der Waals surface area contributed by atoms with Crippen LogP contribution < -0.4 is 10.6 Å². The quantitative estimate of drug-likeness (QED) is 0.386. The molecule has 2 heterocycles. The van der Waals surface area contributed by atoms with Crippen molar-refractivity contribution in [2.24, 2.45) is 0 Å². The molecule has 2 aromatic rings. The van der Waals surface area contributed by atoms with E-state index in [-0.39, 0.29) is 33.8 Å². The van der Waals surface area contributed by atoms with Crippen LogP contribution in [0.25, 0.3) is 6.08 Å². The molecule has 154 valence electrons. The number of anilines is 1. The molecule has 8 nitrogen and oxygen atoms in total. The number of nitrogens with one attached hydrogen (secondary N) is 2. The molecule has 0 fully saturated rings. The first-order valence-electron chi connectivity index (χ1n) is 8.68. The molecule has 0 radical (unpaired) electrons. The van der Waals surface area contributed by atoms with E-state index in [2.05, 4.69) is 10.6 Å². The Balaban J connectivity index is 2.17. The summed E-state index contributed by atoms with van der Waals surface area (Å²) >= 11 is 6.14. The maximum absolute atomic E-state index is 12.4. The monoisotopic (exact) mass is 436 g/mol. The number of furan rings is 1. The van der Waals surface area contributed by atoms with Crippen molar-refractivity contribution in [1.29, 1.82) is 0 Å². The Labute approximate surface area is 176 Å². The molecule has 0 bridgehead atoms. The Bertz CT molecular complexity index is 931. The van der Waals surface area contributed by atoms with Gasteiger partial charge in [-0.15, -0.1) is 11.3 Å². The molecule has 10 heteroatoms. The Morgan fingerprint density at radius 2 is 1.90 bits per heavy atom. The molecule has 0 unspecified atom stereocenters. The maximum Gasteiger partial charge on any atom is 0.348 e. The van der Waals surface area contributed by atoms with E-state index >= 15 is 0 Å². The van der Waals surface area contributed by atoms with Gasteiger partial charge in [0.1, 0.15) is 15.6 Å². The Morgan fingerprint density at radius 3 is 2.52 bits per heavy atom. The second-order valence-electron chi connectivity index (χ2n) is 5.49. The average molecular weight is 437 g/mol. The van der Waals surface area contributed by atoms with E-state index in [1.165, 1.54) is 18.4 Å². The van der Waals surface area contributed by atoms with Gasteiger partial charge in [0.15, 0.2) is 5.11 Å². The lowest BCUT2D eigenvalue weighted by atomic mass is 10.1. The number of carbonyl (C=O) groups excluding carboxylic acids is 3. The lowest BCUT2D eigenvalue weighted by Gasteiger charge is -2.09. The van der Waals surface area contributed by atoms with Crippen LogP contribution in [0.4, 0.5) is 5.00 Å². The highest BCUT2D eigenvalue weighted by atomic mass is 32.1. The van der Waals surface area contributed by atoms with Gasteiger partial charge in [-0.1, -0.05) is 0 Å². The number of hydrogen-bond acceptors (Lipinski definition) is 8. The van der Waals surface area contributed by atoms with Gasteiger partial charge < -0.3 is 19.2 Å². The van der Waals surface area contributed by atoms with Crippen LogP contribution in [0.15, 0.2) is 28.9 Å². The minimum absolute atomic E-state index is 0.0405. The number of ether oxygens (including phenoxy) is 2. The molecular weight excluding hydrogens is 416 g/mol. The molecule has 0 atom stereocenters. The van der Waals surface area contributed by atoms with Gasteiger partial charge in [0.25, 0.3) is 0 Å². The smallest absolute Gasteiger partial charge is 0.348 e. The van der Waals surface area contributed by atoms with Crippen molar-refractivity contribution in [1.82, 2.24) is 5.32 Å². The van der Waals surface area contributed by atoms with E-state index in [0.29, 0.717) is 11.3 Å². The van der Waals surface area contributed by atoms with Gasteiger partial charge >= 0.3 is 11.9 Å². The van der Waals surface area contributed by atoms with E-state index in [9.17, 15) is 14.4 Å². The lowest BCUT2D eigenvalue weighted by Crippen LogP contribution is -2.33. The van der Waals surface area contributed by atoms with E-state index in [1.54, 1.807) is 32.9 Å². The van der Waals surface area contributed by atoms with Crippen molar-refractivity contribution >= 4 is 57.6 Å². The molecule has 29 heavy (non-hydrogen) atoms. The van der Waals surface area contributed by atoms with Crippen LogP contribution in [0.2, 0.25) is 0 Å². The molecule has 0 aliphatic carbocycles. The molecule has 0 spiro atoms. The third-order valence-corrected chi connectivity index (χ3v) is 4.88. The predicted octanol–water partition coefficient (Wildman–Crippen LogP) is 3.53. The van der Waals surface area contributed by atoms with Crippen molar-refractivity contribution in [3.05, 3.63) is 46.2 Å². The minimum Gasteiger partial charge on any atom is -0.465 e. The SMILES string of the molecule is CCOC(=O)c1sc(NC(=S)NC(=O)/C=C/c2ccco2)c(C(=O)OCC)c1C. The third-order valence-electron chi connectivity index (χ3n) is 3.49. The van der Waals surface area contributed by atoms with Gasteiger partial charge in [0.05, 0.1) is 25.0 Å². The summed E-state index contributed by atoms with van der Waals surface area (Å²) < 4.78 is 15.2. The summed E-state index contributed by atoms with van der Waals surface area (Å²) in [6.07, 6.45) is 4.22. The first-order valence-corrected chi connectivity index (χ1v) is 9.91. The van der Waals surface area contributed by atoms with Crippen molar-refractivity contribution in [3.8, 4) is 0 Å². The number of hydrogen-bond donors (Lipinski definition) is 2. The molecule has 2 N–H and O–H groups in total. The lowest BCUT2D eigenvalue weighted by molar-refractivity contribution is -0.115. The fourth-order valence-corrected chi connectivity index (χ4v) is 3.63. The van der Waals surface area contributed by atoms with Crippen molar-refractivity contribution in [2.45, 2.75) is 20.8 Å². The van der Waals surface area contributed by atoms with Gasteiger partial charge in [-0.05, 0) is 56.8 Å². The van der Waals surface area contributed by atoms with Gasteiger partial charge in [-0.2, -0.15) is 0 Å². The predicted molar refractivity (Wildman–Crippen MR) is 113 cm³/mol. The molecule has 2 rings (SSSR count). The molecular formula is C19H20N2O6S2. The molecule has 0 aliphatic heterocycles. The van der Waals surface area contributed by atoms with Crippen LogP contribution >= 0.6 is 23.6 Å². The van der Waals surface area contributed by atoms with E-state index in [4.69, 9.17) is 26.1 Å². The van der Waals surface area contributed by atoms with Crippen LogP contribution in [0.5, 0.6) is 0 Å². The number of carbonyl (C=O) groups is 3. The number of amides is 1. The summed E-state index contributed by atoms with van der Waals surface area (Å²) in [5.74, 6) is -1.14. The zero-order valence-electron chi connectivity index (χ0n) is 16.1. The topological polar surface area (TPSA) is 107 Å². The van der Waals surface area contributed by atoms with Crippen LogP contribution in [-0.2, 0) is 14.3 Å².